The summed E-state index contributed by atoms with van der Waals surface area (Å²) in [6.45, 7) is 6.69. The summed E-state index contributed by atoms with van der Waals surface area (Å²) in [4.78, 5) is 29.6. The number of piperazine rings is 1. The molecule has 1 aliphatic carbocycles. The molecule has 2 aromatic rings. The number of halogens is 2. The topological polar surface area (TPSA) is 54.8 Å². The Labute approximate surface area is 173 Å². The highest BCUT2D eigenvalue weighted by Gasteiger charge is 2.32. The summed E-state index contributed by atoms with van der Waals surface area (Å²) in [6, 6.07) is 0.173. The van der Waals surface area contributed by atoms with Gasteiger partial charge >= 0.3 is 5.97 Å². The maximum absolute atomic E-state index is 15.4. The van der Waals surface area contributed by atoms with Gasteiger partial charge in [-0.25, -0.2) is 9.18 Å². The van der Waals surface area contributed by atoms with Crippen molar-refractivity contribution in [3.8, 4) is 0 Å². The smallest absolute Gasteiger partial charge is 0.343 e. The van der Waals surface area contributed by atoms with E-state index in [9.17, 15) is 9.59 Å². The minimum Gasteiger partial charge on any atom is -0.462 e. The molecule has 4 rings (SSSR count). The standard InChI is InChI=1S/C21H25ClFN3O3/c1-4-29-21(28)14-11-26(13-5-6-13)18-12(2)19(25-9-7-24(3)8-10-25)17(23)16(22)15(18)20(14)27/h11,13H,4-10H2,1-3H3. The summed E-state index contributed by atoms with van der Waals surface area (Å²) in [7, 11) is 2.04. The second-order valence-electron chi connectivity index (χ2n) is 7.85. The number of ether oxygens (including phenoxy) is 1. The van der Waals surface area contributed by atoms with Gasteiger partial charge in [0.2, 0.25) is 5.43 Å². The number of esters is 1. The molecule has 0 radical (unpaired) electrons. The highest BCUT2D eigenvalue weighted by atomic mass is 35.5. The van der Waals surface area contributed by atoms with Gasteiger partial charge in [-0.1, -0.05) is 11.6 Å². The molecule has 0 N–H and O–H groups in total. The van der Waals surface area contributed by atoms with Crippen LogP contribution in [0.1, 0.15) is 41.7 Å². The third-order valence-electron chi connectivity index (χ3n) is 5.82. The number of carbonyl (C=O) groups excluding carboxylic acids is 1. The number of likely N-dealkylation sites (N-methyl/N-ethyl adjacent to an activating group) is 1. The van der Waals surface area contributed by atoms with Gasteiger partial charge in [-0.05, 0) is 39.3 Å². The van der Waals surface area contributed by atoms with E-state index in [4.69, 9.17) is 16.3 Å². The van der Waals surface area contributed by atoms with E-state index in [-0.39, 0.29) is 28.6 Å². The van der Waals surface area contributed by atoms with Gasteiger partial charge in [0.1, 0.15) is 5.56 Å². The van der Waals surface area contributed by atoms with Crippen LogP contribution in [0.5, 0.6) is 0 Å². The van der Waals surface area contributed by atoms with E-state index in [2.05, 4.69) is 4.90 Å². The number of rotatable bonds is 4. The van der Waals surface area contributed by atoms with Gasteiger partial charge in [-0.15, -0.1) is 0 Å². The molecule has 2 heterocycles. The summed E-state index contributed by atoms with van der Waals surface area (Å²) in [5, 5.41) is -0.151. The number of benzene rings is 1. The first-order valence-electron chi connectivity index (χ1n) is 10.0. The molecule has 0 spiro atoms. The highest BCUT2D eigenvalue weighted by molar-refractivity contribution is 6.36. The molecular weight excluding hydrogens is 397 g/mol. The van der Waals surface area contributed by atoms with Crippen LogP contribution in [-0.4, -0.2) is 55.3 Å². The summed E-state index contributed by atoms with van der Waals surface area (Å²) in [5.41, 5.74) is 1.08. The van der Waals surface area contributed by atoms with Gasteiger partial charge in [0.05, 0.1) is 28.2 Å². The van der Waals surface area contributed by atoms with E-state index in [0.717, 1.165) is 25.9 Å². The number of aryl methyl sites for hydroxylation is 1. The molecule has 2 aliphatic rings. The zero-order valence-corrected chi connectivity index (χ0v) is 17.7. The van der Waals surface area contributed by atoms with Crippen LogP contribution in [0.15, 0.2) is 11.0 Å². The highest BCUT2D eigenvalue weighted by Crippen LogP contribution is 2.42. The van der Waals surface area contributed by atoms with Crippen molar-refractivity contribution in [1.82, 2.24) is 9.47 Å². The number of fused-ring (bicyclic) bond motifs is 1. The van der Waals surface area contributed by atoms with Crippen LogP contribution in [0.2, 0.25) is 5.02 Å². The second-order valence-corrected chi connectivity index (χ2v) is 8.22. The molecule has 0 unspecified atom stereocenters. The van der Waals surface area contributed by atoms with Gasteiger partial charge in [-0.2, -0.15) is 0 Å². The Kier molecular flexibility index (Phi) is 5.29. The van der Waals surface area contributed by atoms with Crippen molar-refractivity contribution in [2.24, 2.45) is 0 Å². The Balaban J connectivity index is 1.99. The first kappa shape index (κ1) is 20.2. The van der Waals surface area contributed by atoms with E-state index in [1.54, 1.807) is 13.1 Å². The summed E-state index contributed by atoms with van der Waals surface area (Å²) in [6.07, 6.45) is 3.45. The fourth-order valence-electron chi connectivity index (χ4n) is 4.11. The number of aromatic nitrogens is 1. The van der Waals surface area contributed by atoms with Gasteiger partial charge in [-0.3, -0.25) is 4.79 Å². The largest absolute Gasteiger partial charge is 0.462 e. The van der Waals surface area contributed by atoms with Crippen molar-refractivity contribution in [1.29, 1.82) is 0 Å². The lowest BCUT2D eigenvalue weighted by atomic mass is 10.0. The molecule has 1 aliphatic heterocycles. The lowest BCUT2D eigenvalue weighted by Gasteiger charge is -2.35. The molecule has 0 amide bonds. The zero-order valence-electron chi connectivity index (χ0n) is 16.9. The number of anilines is 1. The van der Waals surface area contributed by atoms with Crippen molar-refractivity contribution in [2.45, 2.75) is 32.7 Å². The van der Waals surface area contributed by atoms with Gasteiger partial charge in [0.25, 0.3) is 0 Å². The Morgan fingerprint density at radius 3 is 2.52 bits per heavy atom. The molecule has 29 heavy (non-hydrogen) atoms. The average Bonchev–Trinajstić information content (AvgIpc) is 3.53. The number of hydrogen-bond acceptors (Lipinski definition) is 5. The lowest BCUT2D eigenvalue weighted by molar-refractivity contribution is 0.0524. The fourth-order valence-corrected chi connectivity index (χ4v) is 4.37. The van der Waals surface area contributed by atoms with Crippen LogP contribution in [0.3, 0.4) is 0 Å². The van der Waals surface area contributed by atoms with E-state index in [0.29, 0.717) is 29.9 Å². The normalized spacial score (nSPS) is 17.8. The van der Waals surface area contributed by atoms with Crippen molar-refractivity contribution in [3.05, 3.63) is 38.4 Å². The van der Waals surface area contributed by atoms with Crippen LogP contribution < -0.4 is 10.3 Å². The third kappa shape index (κ3) is 3.40. The number of nitrogens with zero attached hydrogens (tertiary/aromatic N) is 3. The molecule has 156 valence electrons. The average molecular weight is 422 g/mol. The van der Waals surface area contributed by atoms with Gasteiger partial charge in [0, 0.05) is 38.4 Å². The first-order valence-corrected chi connectivity index (χ1v) is 10.4. The van der Waals surface area contributed by atoms with Crippen LogP contribution >= 0.6 is 11.6 Å². The second kappa shape index (κ2) is 7.61. The maximum Gasteiger partial charge on any atom is 0.343 e. The minimum absolute atomic E-state index is 0.0667. The Bertz CT molecular complexity index is 1040. The predicted octanol–water partition coefficient (Wildman–Crippen LogP) is 3.37. The Hall–Kier alpha value is -2.12. The van der Waals surface area contributed by atoms with Crippen LogP contribution in [0.4, 0.5) is 10.1 Å². The van der Waals surface area contributed by atoms with Crippen LogP contribution in [-0.2, 0) is 4.74 Å². The maximum atomic E-state index is 15.4. The molecule has 1 aromatic heterocycles. The van der Waals surface area contributed by atoms with E-state index < -0.39 is 17.2 Å². The molecule has 0 atom stereocenters. The molecule has 8 heteroatoms. The fraction of sp³-hybridized carbons (Fsp3) is 0.524. The summed E-state index contributed by atoms with van der Waals surface area (Å²) < 4.78 is 22.4. The summed E-state index contributed by atoms with van der Waals surface area (Å²) >= 11 is 6.43. The lowest BCUT2D eigenvalue weighted by Crippen LogP contribution is -2.45. The molecule has 6 nitrogen and oxygen atoms in total. The van der Waals surface area contributed by atoms with E-state index in [1.165, 1.54) is 0 Å². The van der Waals surface area contributed by atoms with Crippen LogP contribution in [0, 0.1) is 12.7 Å². The minimum atomic E-state index is -0.703. The van der Waals surface area contributed by atoms with Crippen LogP contribution in [0.25, 0.3) is 10.9 Å². The molecule has 2 fully saturated rings. The Morgan fingerprint density at radius 2 is 1.93 bits per heavy atom. The SMILES string of the molecule is CCOC(=O)c1cn(C2CC2)c2c(C)c(N3CCN(C)CC3)c(F)c(Cl)c2c1=O. The predicted molar refractivity (Wildman–Crippen MR) is 112 cm³/mol. The van der Waals surface area contributed by atoms with Crippen molar-refractivity contribution in [2.75, 3.05) is 44.7 Å². The molecule has 1 aromatic carbocycles. The molecular formula is C21H25ClFN3O3. The third-order valence-corrected chi connectivity index (χ3v) is 6.18. The van der Waals surface area contributed by atoms with Crippen molar-refractivity contribution >= 4 is 34.2 Å². The molecule has 0 bridgehead atoms. The number of hydrogen-bond donors (Lipinski definition) is 0. The molecule has 1 saturated carbocycles. The monoisotopic (exact) mass is 421 g/mol. The number of carbonyl (C=O) groups is 1. The first-order chi connectivity index (χ1) is 13.8. The molecule has 1 saturated heterocycles. The van der Waals surface area contributed by atoms with Gasteiger partial charge in [0.15, 0.2) is 5.82 Å². The zero-order chi connectivity index (χ0) is 20.9. The number of pyridine rings is 1. The quantitative estimate of drug-likeness (QED) is 0.708. The Morgan fingerprint density at radius 1 is 1.28 bits per heavy atom. The summed E-state index contributed by atoms with van der Waals surface area (Å²) in [5.74, 6) is -1.30. The van der Waals surface area contributed by atoms with E-state index >= 15 is 4.39 Å². The van der Waals surface area contributed by atoms with Gasteiger partial charge < -0.3 is 19.1 Å². The van der Waals surface area contributed by atoms with Crippen molar-refractivity contribution in [3.63, 3.8) is 0 Å². The van der Waals surface area contributed by atoms with E-state index in [1.807, 2.05) is 23.4 Å². The van der Waals surface area contributed by atoms with Crippen molar-refractivity contribution < 1.29 is 13.9 Å².